The molecule has 0 saturated carbocycles. The number of benzene rings is 1. The molecule has 0 aliphatic heterocycles. The molecule has 0 saturated heterocycles. The molecule has 5 nitrogen and oxygen atoms in total. The van der Waals surface area contributed by atoms with E-state index in [0.29, 0.717) is 19.0 Å². The number of halogens is 2. The molecular weight excluding hydrogens is 424 g/mol. The Morgan fingerprint density at radius 2 is 1.96 bits per heavy atom. The van der Waals surface area contributed by atoms with Gasteiger partial charge in [-0.15, -0.1) is 24.0 Å². The van der Waals surface area contributed by atoms with E-state index in [0.717, 1.165) is 6.42 Å². The zero-order valence-electron chi connectivity index (χ0n) is 15.1. The summed E-state index contributed by atoms with van der Waals surface area (Å²) in [6.07, 6.45) is 0.600. The maximum absolute atomic E-state index is 13.6. The Hall–Kier alpha value is -1.09. The molecule has 1 unspecified atom stereocenters. The molecule has 0 aliphatic carbocycles. The summed E-state index contributed by atoms with van der Waals surface area (Å²) >= 11 is 0. The number of guanidine groups is 1. The zero-order chi connectivity index (χ0) is 17.3. The van der Waals surface area contributed by atoms with E-state index in [1.807, 2.05) is 20.8 Å². The van der Waals surface area contributed by atoms with Crippen molar-refractivity contribution in [3.63, 3.8) is 0 Å². The van der Waals surface area contributed by atoms with Gasteiger partial charge in [0.2, 0.25) is 0 Å². The van der Waals surface area contributed by atoms with Crippen LogP contribution in [0.2, 0.25) is 0 Å². The van der Waals surface area contributed by atoms with E-state index in [2.05, 4.69) is 15.6 Å². The van der Waals surface area contributed by atoms with Gasteiger partial charge in [-0.2, -0.15) is 0 Å². The molecule has 7 heteroatoms. The van der Waals surface area contributed by atoms with Crippen LogP contribution in [0.4, 0.5) is 4.39 Å². The first kappa shape index (κ1) is 22.9. The molecule has 138 valence electrons. The van der Waals surface area contributed by atoms with Crippen LogP contribution in [0.15, 0.2) is 29.3 Å². The van der Waals surface area contributed by atoms with Gasteiger partial charge in [0.1, 0.15) is 6.10 Å². The first-order valence-electron chi connectivity index (χ1n) is 7.82. The molecule has 0 fully saturated rings. The first-order chi connectivity index (χ1) is 10.9. The second-order valence-corrected chi connectivity index (χ2v) is 5.85. The van der Waals surface area contributed by atoms with Gasteiger partial charge in [-0.1, -0.05) is 19.1 Å². The lowest BCUT2D eigenvalue weighted by atomic mass is 10.1. The second-order valence-electron chi connectivity index (χ2n) is 5.85. The van der Waals surface area contributed by atoms with Crippen LogP contribution >= 0.6 is 24.0 Å². The average molecular weight is 453 g/mol. The summed E-state index contributed by atoms with van der Waals surface area (Å²) in [5.74, 6) is 0.575. The normalized spacial score (nSPS) is 13.0. The third-order valence-corrected chi connectivity index (χ3v) is 3.54. The summed E-state index contributed by atoms with van der Waals surface area (Å²) in [5.41, 5.74) is -0.286. The molecule has 0 amide bonds. The average Bonchev–Trinajstić information content (AvgIpc) is 2.55. The molecule has 0 aliphatic rings. The van der Waals surface area contributed by atoms with Crippen LogP contribution in [0, 0.1) is 5.82 Å². The maximum atomic E-state index is 13.6. The van der Waals surface area contributed by atoms with Gasteiger partial charge in [-0.3, -0.25) is 4.99 Å². The maximum Gasteiger partial charge on any atom is 0.191 e. The van der Waals surface area contributed by atoms with Gasteiger partial charge in [0.05, 0.1) is 12.1 Å². The van der Waals surface area contributed by atoms with E-state index in [-0.39, 0.29) is 47.2 Å². The van der Waals surface area contributed by atoms with E-state index in [9.17, 15) is 4.39 Å². The van der Waals surface area contributed by atoms with Crippen molar-refractivity contribution >= 4 is 29.9 Å². The molecule has 0 radical (unpaired) electrons. The van der Waals surface area contributed by atoms with E-state index < -0.39 is 0 Å². The molecule has 24 heavy (non-hydrogen) atoms. The monoisotopic (exact) mass is 453 g/mol. The molecule has 1 rings (SSSR count). The predicted octanol–water partition coefficient (Wildman–Crippen LogP) is 3.19. The Bertz CT molecular complexity index is 512. The van der Waals surface area contributed by atoms with Crippen LogP contribution in [-0.2, 0) is 4.74 Å². The van der Waals surface area contributed by atoms with Crippen molar-refractivity contribution in [1.29, 1.82) is 0 Å². The van der Waals surface area contributed by atoms with Gasteiger partial charge < -0.3 is 20.1 Å². The third-order valence-electron chi connectivity index (χ3n) is 3.54. The zero-order valence-corrected chi connectivity index (χ0v) is 17.4. The number of methoxy groups -OCH3 is 1. The molecule has 2 N–H and O–H groups in total. The van der Waals surface area contributed by atoms with Gasteiger partial charge in [-0.25, -0.2) is 4.39 Å². The number of ether oxygens (including phenoxy) is 2. The highest BCUT2D eigenvalue weighted by Gasteiger charge is 2.17. The van der Waals surface area contributed by atoms with Crippen molar-refractivity contribution in [2.45, 2.75) is 38.9 Å². The van der Waals surface area contributed by atoms with Gasteiger partial charge >= 0.3 is 0 Å². The Morgan fingerprint density at radius 1 is 1.29 bits per heavy atom. The number of nitrogens with one attached hydrogen (secondary N) is 2. The summed E-state index contributed by atoms with van der Waals surface area (Å²) in [5, 5.41) is 6.39. The van der Waals surface area contributed by atoms with Crippen molar-refractivity contribution in [3.8, 4) is 5.75 Å². The molecule has 1 atom stereocenters. The predicted molar refractivity (Wildman–Crippen MR) is 107 cm³/mol. The van der Waals surface area contributed by atoms with E-state index >= 15 is 0 Å². The van der Waals surface area contributed by atoms with Crippen molar-refractivity contribution in [2.75, 3.05) is 27.2 Å². The van der Waals surface area contributed by atoms with Crippen LogP contribution in [0.25, 0.3) is 0 Å². The standard InChI is InChI=1S/C17H28FN3O2.HI/c1-6-13(23-15-10-8-7-9-14(15)18)11-20-16(19-4)21-12-17(2,3)22-5;/h7-10,13H,6,11-12H2,1-5H3,(H2,19,20,21);1H. The summed E-state index contributed by atoms with van der Waals surface area (Å²) in [7, 11) is 3.38. The van der Waals surface area contributed by atoms with Crippen molar-refractivity contribution in [1.82, 2.24) is 10.6 Å². The summed E-state index contributed by atoms with van der Waals surface area (Å²) < 4.78 is 24.7. The minimum Gasteiger partial charge on any atom is -0.486 e. The molecule has 1 aromatic carbocycles. The molecule has 0 aromatic heterocycles. The van der Waals surface area contributed by atoms with E-state index in [4.69, 9.17) is 9.47 Å². The minimum atomic E-state index is -0.352. The quantitative estimate of drug-likeness (QED) is 0.361. The van der Waals surface area contributed by atoms with E-state index in [1.165, 1.54) is 6.07 Å². The first-order valence-corrected chi connectivity index (χ1v) is 7.82. The van der Waals surface area contributed by atoms with Crippen LogP contribution < -0.4 is 15.4 Å². The summed E-state index contributed by atoms with van der Waals surface area (Å²) in [6, 6.07) is 6.42. The fourth-order valence-electron chi connectivity index (χ4n) is 1.79. The highest BCUT2D eigenvalue weighted by molar-refractivity contribution is 14.0. The lowest BCUT2D eigenvalue weighted by Gasteiger charge is -2.25. The highest BCUT2D eigenvalue weighted by atomic mass is 127. The third kappa shape index (κ3) is 8.14. The van der Waals surface area contributed by atoms with Crippen molar-refractivity contribution in [2.24, 2.45) is 4.99 Å². The van der Waals surface area contributed by atoms with Gasteiger partial charge in [0.25, 0.3) is 0 Å². The van der Waals surface area contributed by atoms with Gasteiger partial charge in [0.15, 0.2) is 17.5 Å². The molecule has 0 spiro atoms. The lowest BCUT2D eigenvalue weighted by molar-refractivity contribution is 0.0268. The van der Waals surface area contributed by atoms with Crippen LogP contribution in [-0.4, -0.2) is 44.9 Å². The van der Waals surface area contributed by atoms with Crippen LogP contribution in [0.3, 0.4) is 0 Å². The topological polar surface area (TPSA) is 54.9 Å². The number of hydrogen-bond donors (Lipinski definition) is 2. The Labute approximate surface area is 161 Å². The second kappa shape index (κ2) is 11.5. The minimum absolute atomic E-state index is 0. The number of nitrogens with zero attached hydrogens (tertiary/aromatic N) is 1. The highest BCUT2D eigenvalue weighted by Crippen LogP contribution is 2.17. The lowest BCUT2D eigenvalue weighted by Crippen LogP contribution is -2.47. The van der Waals surface area contributed by atoms with Crippen LogP contribution in [0.1, 0.15) is 27.2 Å². The largest absolute Gasteiger partial charge is 0.486 e. The molecule has 0 bridgehead atoms. The smallest absolute Gasteiger partial charge is 0.191 e. The summed E-state index contributed by atoms with van der Waals surface area (Å²) in [4.78, 5) is 4.17. The number of rotatable bonds is 8. The summed E-state index contributed by atoms with van der Waals surface area (Å²) in [6.45, 7) is 7.12. The number of aliphatic imine (C=N–C) groups is 1. The fraction of sp³-hybridized carbons (Fsp3) is 0.588. The Morgan fingerprint density at radius 3 is 2.50 bits per heavy atom. The van der Waals surface area contributed by atoms with E-state index in [1.54, 1.807) is 32.4 Å². The number of para-hydroxylation sites is 1. The van der Waals surface area contributed by atoms with Crippen LogP contribution in [0.5, 0.6) is 5.75 Å². The van der Waals surface area contributed by atoms with Gasteiger partial charge in [-0.05, 0) is 32.4 Å². The Balaban J connectivity index is 0.00000529. The van der Waals surface area contributed by atoms with Crippen molar-refractivity contribution < 1.29 is 13.9 Å². The molecule has 1 aromatic rings. The fourth-order valence-corrected chi connectivity index (χ4v) is 1.79. The number of hydrogen-bond acceptors (Lipinski definition) is 3. The Kier molecular flexibility index (Phi) is 10.9. The van der Waals surface area contributed by atoms with Gasteiger partial charge in [0, 0.05) is 20.7 Å². The molecule has 0 heterocycles. The SMILES string of the molecule is CCC(CNC(=NC)NCC(C)(C)OC)Oc1ccccc1F.I. The molecular formula is C17H29FIN3O2. The van der Waals surface area contributed by atoms with Crippen molar-refractivity contribution in [3.05, 3.63) is 30.1 Å².